The minimum absolute atomic E-state index is 0.160. The van der Waals surface area contributed by atoms with Gasteiger partial charge in [-0.25, -0.2) is 0 Å². The first-order valence-electron chi connectivity index (χ1n) is 7.48. The molecule has 1 amide bonds. The van der Waals surface area contributed by atoms with Crippen molar-refractivity contribution in [1.82, 2.24) is 0 Å². The molecule has 5 heteroatoms. The van der Waals surface area contributed by atoms with E-state index in [4.69, 9.17) is 23.2 Å². The number of amides is 1. The van der Waals surface area contributed by atoms with Gasteiger partial charge in [-0.1, -0.05) is 47.5 Å². The summed E-state index contributed by atoms with van der Waals surface area (Å²) in [6.45, 7) is 2.10. The SMILES string of the molecule is CC1Cc2ccccc2N1C(=O)CSCc1ccc(Cl)c(Cl)c1. The summed E-state index contributed by atoms with van der Waals surface area (Å²) in [4.78, 5) is 14.5. The van der Waals surface area contributed by atoms with Gasteiger partial charge >= 0.3 is 0 Å². The van der Waals surface area contributed by atoms with Gasteiger partial charge in [-0.15, -0.1) is 11.8 Å². The molecule has 23 heavy (non-hydrogen) atoms. The lowest BCUT2D eigenvalue weighted by atomic mass is 10.1. The normalized spacial score (nSPS) is 16.5. The van der Waals surface area contributed by atoms with Crippen LogP contribution in [0, 0.1) is 0 Å². The van der Waals surface area contributed by atoms with E-state index in [9.17, 15) is 4.79 Å². The highest BCUT2D eigenvalue weighted by Crippen LogP contribution is 2.32. The molecule has 1 aliphatic rings. The molecule has 1 atom stereocenters. The second-order valence-corrected chi connectivity index (χ2v) is 7.49. The van der Waals surface area contributed by atoms with Crippen LogP contribution in [0.15, 0.2) is 42.5 Å². The largest absolute Gasteiger partial charge is 0.308 e. The average molecular weight is 366 g/mol. The van der Waals surface area contributed by atoms with Crippen LogP contribution in [0.3, 0.4) is 0 Å². The first-order chi connectivity index (χ1) is 11.1. The van der Waals surface area contributed by atoms with Gasteiger partial charge in [0.25, 0.3) is 0 Å². The van der Waals surface area contributed by atoms with Crippen molar-refractivity contribution < 1.29 is 4.79 Å². The molecule has 2 aromatic carbocycles. The Labute approximate surface area is 150 Å². The van der Waals surface area contributed by atoms with Crippen molar-refractivity contribution in [3.63, 3.8) is 0 Å². The maximum absolute atomic E-state index is 12.6. The lowest BCUT2D eigenvalue weighted by Gasteiger charge is -2.22. The molecule has 2 aromatic rings. The number of nitrogens with zero attached hydrogens (tertiary/aromatic N) is 1. The number of hydrogen-bond donors (Lipinski definition) is 0. The molecule has 0 saturated carbocycles. The zero-order chi connectivity index (χ0) is 16.4. The number of fused-ring (bicyclic) bond motifs is 1. The molecule has 3 rings (SSSR count). The molecule has 0 spiro atoms. The van der Waals surface area contributed by atoms with Crippen LogP contribution in [-0.4, -0.2) is 17.7 Å². The number of halogens is 2. The Morgan fingerprint density at radius 2 is 2.00 bits per heavy atom. The van der Waals surface area contributed by atoms with E-state index < -0.39 is 0 Å². The van der Waals surface area contributed by atoms with Gasteiger partial charge in [-0.3, -0.25) is 4.79 Å². The van der Waals surface area contributed by atoms with Gasteiger partial charge < -0.3 is 4.90 Å². The molecule has 0 fully saturated rings. The molecule has 1 unspecified atom stereocenters. The molecule has 0 radical (unpaired) electrons. The third kappa shape index (κ3) is 3.68. The Morgan fingerprint density at radius 3 is 2.78 bits per heavy atom. The van der Waals surface area contributed by atoms with Gasteiger partial charge in [-0.05, 0) is 42.7 Å². The van der Waals surface area contributed by atoms with E-state index in [0.29, 0.717) is 15.8 Å². The fourth-order valence-electron chi connectivity index (χ4n) is 2.90. The summed E-state index contributed by atoms with van der Waals surface area (Å²) < 4.78 is 0. The molecule has 1 aliphatic heterocycles. The molecular weight excluding hydrogens is 349 g/mol. The fourth-order valence-corrected chi connectivity index (χ4v) is 4.05. The van der Waals surface area contributed by atoms with Crippen LogP contribution in [0.25, 0.3) is 0 Å². The van der Waals surface area contributed by atoms with Crippen molar-refractivity contribution in [2.75, 3.05) is 10.7 Å². The summed E-state index contributed by atoms with van der Waals surface area (Å²) in [5.74, 6) is 1.36. The Balaban J connectivity index is 1.60. The van der Waals surface area contributed by atoms with E-state index in [2.05, 4.69) is 13.0 Å². The number of carbonyl (C=O) groups is 1. The summed E-state index contributed by atoms with van der Waals surface area (Å²) in [6.07, 6.45) is 0.930. The number of thioether (sulfide) groups is 1. The van der Waals surface area contributed by atoms with Gasteiger partial charge in [-0.2, -0.15) is 0 Å². The Bertz CT molecular complexity index is 735. The van der Waals surface area contributed by atoms with E-state index in [0.717, 1.165) is 23.4 Å². The standard InChI is InChI=1S/C18H17Cl2NOS/c1-12-8-14-4-2-3-5-17(14)21(12)18(22)11-23-10-13-6-7-15(19)16(20)9-13/h2-7,9,12H,8,10-11H2,1H3. The number of carbonyl (C=O) groups excluding carboxylic acids is 1. The van der Waals surface area contributed by atoms with Crippen LogP contribution in [0.4, 0.5) is 5.69 Å². The average Bonchev–Trinajstić information content (AvgIpc) is 2.86. The van der Waals surface area contributed by atoms with E-state index in [1.165, 1.54) is 5.56 Å². The third-order valence-electron chi connectivity index (χ3n) is 3.95. The number of benzene rings is 2. The maximum atomic E-state index is 12.6. The molecular formula is C18H17Cl2NOS. The van der Waals surface area contributed by atoms with Crippen molar-refractivity contribution in [3.05, 3.63) is 63.6 Å². The lowest BCUT2D eigenvalue weighted by Crippen LogP contribution is -2.37. The Morgan fingerprint density at radius 1 is 1.22 bits per heavy atom. The smallest absolute Gasteiger partial charge is 0.237 e. The van der Waals surface area contributed by atoms with E-state index in [1.54, 1.807) is 17.8 Å². The summed E-state index contributed by atoms with van der Waals surface area (Å²) in [6, 6.07) is 14.0. The zero-order valence-electron chi connectivity index (χ0n) is 12.8. The molecule has 120 valence electrons. The van der Waals surface area contributed by atoms with Crippen molar-refractivity contribution in [1.29, 1.82) is 0 Å². The van der Waals surface area contributed by atoms with Crippen LogP contribution in [0.2, 0.25) is 10.0 Å². The summed E-state index contributed by atoms with van der Waals surface area (Å²) in [5.41, 5.74) is 3.38. The fraction of sp³-hybridized carbons (Fsp3) is 0.278. The maximum Gasteiger partial charge on any atom is 0.237 e. The Hall–Kier alpha value is -1.16. The Kier molecular flexibility index (Phi) is 5.20. The van der Waals surface area contributed by atoms with Gasteiger partial charge in [0.1, 0.15) is 0 Å². The lowest BCUT2D eigenvalue weighted by molar-refractivity contribution is -0.116. The quantitative estimate of drug-likeness (QED) is 0.741. The monoisotopic (exact) mass is 365 g/mol. The van der Waals surface area contributed by atoms with Crippen molar-refractivity contribution >= 4 is 46.6 Å². The molecule has 2 nitrogen and oxygen atoms in total. The molecule has 0 N–H and O–H groups in total. The minimum atomic E-state index is 0.160. The minimum Gasteiger partial charge on any atom is -0.308 e. The summed E-state index contributed by atoms with van der Waals surface area (Å²) >= 11 is 13.5. The predicted molar refractivity (Wildman–Crippen MR) is 99.7 cm³/mol. The van der Waals surface area contributed by atoms with Crippen LogP contribution >= 0.6 is 35.0 Å². The number of rotatable bonds is 4. The van der Waals surface area contributed by atoms with Crippen molar-refractivity contribution in [2.24, 2.45) is 0 Å². The second-order valence-electron chi connectivity index (χ2n) is 5.69. The van der Waals surface area contributed by atoms with Crippen molar-refractivity contribution in [3.8, 4) is 0 Å². The number of anilines is 1. The first-order valence-corrected chi connectivity index (χ1v) is 9.39. The third-order valence-corrected chi connectivity index (χ3v) is 5.68. The second kappa shape index (κ2) is 7.16. The van der Waals surface area contributed by atoms with Gasteiger partial charge in [0, 0.05) is 17.5 Å². The molecule has 0 aromatic heterocycles. The highest BCUT2D eigenvalue weighted by atomic mass is 35.5. The van der Waals surface area contributed by atoms with Gasteiger partial charge in [0.15, 0.2) is 0 Å². The predicted octanol–water partition coefficient (Wildman–Crippen LogP) is 5.20. The van der Waals surface area contributed by atoms with Crippen LogP contribution < -0.4 is 4.90 Å². The topological polar surface area (TPSA) is 20.3 Å². The summed E-state index contributed by atoms with van der Waals surface area (Å²) in [7, 11) is 0. The van der Waals surface area contributed by atoms with Gasteiger partial charge in [0.05, 0.1) is 15.8 Å². The number of para-hydroxylation sites is 1. The van der Waals surface area contributed by atoms with Crippen LogP contribution in [0.5, 0.6) is 0 Å². The van der Waals surface area contributed by atoms with E-state index in [-0.39, 0.29) is 11.9 Å². The zero-order valence-corrected chi connectivity index (χ0v) is 15.1. The summed E-state index contributed by atoms with van der Waals surface area (Å²) in [5, 5.41) is 1.11. The van der Waals surface area contributed by atoms with E-state index >= 15 is 0 Å². The van der Waals surface area contributed by atoms with Crippen molar-refractivity contribution in [2.45, 2.75) is 25.1 Å². The molecule has 0 bridgehead atoms. The first kappa shape index (κ1) is 16.7. The van der Waals surface area contributed by atoms with Gasteiger partial charge in [0.2, 0.25) is 5.91 Å². The van der Waals surface area contributed by atoms with Crippen LogP contribution in [0.1, 0.15) is 18.1 Å². The molecule has 0 saturated heterocycles. The number of hydrogen-bond acceptors (Lipinski definition) is 2. The molecule has 1 heterocycles. The highest BCUT2D eigenvalue weighted by Gasteiger charge is 2.30. The van der Waals surface area contributed by atoms with Crippen LogP contribution in [-0.2, 0) is 17.0 Å². The molecule has 0 aliphatic carbocycles. The highest BCUT2D eigenvalue weighted by molar-refractivity contribution is 7.99. The van der Waals surface area contributed by atoms with E-state index in [1.807, 2.05) is 35.2 Å².